The SMILES string of the molecule is Cn1cc(CNC(=O)c2cc(O)ccc2Cl)cn1. The molecule has 0 aliphatic carbocycles. The molecule has 0 atom stereocenters. The van der Waals surface area contributed by atoms with E-state index in [-0.39, 0.29) is 17.2 Å². The first kappa shape index (κ1) is 12.4. The zero-order valence-electron chi connectivity index (χ0n) is 9.72. The minimum absolute atomic E-state index is 0.00549. The number of halogens is 1. The van der Waals surface area contributed by atoms with Crippen LogP contribution in [-0.2, 0) is 13.6 Å². The van der Waals surface area contributed by atoms with E-state index in [0.717, 1.165) is 5.56 Å². The van der Waals surface area contributed by atoms with Gasteiger partial charge in [-0.05, 0) is 18.2 Å². The molecule has 0 radical (unpaired) electrons. The molecule has 2 aromatic rings. The number of hydrogen-bond acceptors (Lipinski definition) is 3. The number of benzene rings is 1. The number of hydrogen-bond donors (Lipinski definition) is 2. The molecule has 1 amide bonds. The lowest BCUT2D eigenvalue weighted by Crippen LogP contribution is -2.22. The van der Waals surface area contributed by atoms with E-state index >= 15 is 0 Å². The highest BCUT2D eigenvalue weighted by molar-refractivity contribution is 6.33. The Morgan fingerprint density at radius 2 is 2.33 bits per heavy atom. The summed E-state index contributed by atoms with van der Waals surface area (Å²) < 4.78 is 1.66. The van der Waals surface area contributed by atoms with Crippen molar-refractivity contribution in [2.75, 3.05) is 0 Å². The van der Waals surface area contributed by atoms with Crippen molar-refractivity contribution >= 4 is 17.5 Å². The van der Waals surface area contributed by atoms with Crippen LogP contribution in [0.5, 0.6) is 5.75 Å². The monoisotopic (exact) mass is 265 g/mol. The quantitative estimate of drug-likeness (QED) is 0.888. The number of aromatic hydroxyl groups is 1. The molecule has 2 N–H and O–H groups in total. The first-order valence-corrected chi connectivity index (χ1v) is 5.68. The summed E-state index contributed by atoms with van der Waals surface area (Å²) in [6, 6.07) is 4.25. The smallest absolute Gasteiger partial charge is 0.253 e. The van der Waals surface area contributed by atoms with E-state index in [2.05, 4.69) is 10.4 Å². The van der Waals surface area contributed by atoms with E-state index in [1.54, 1.807) is 17.9 Å². The highest BCUT2D eigenvalue weighted by atomic mass is 35.5. The van der Waals surface area contributed by atoms with Gasteiger partial charge in [-0.15, -0.1) is 0 Å². The summed E-state index contributed by atoms with van der Waals surface area (Å²) in [6.45, 7) is 0.360. The minimum Gasteiger partial charge on any atom is -0.508 e. The normalized spacial score (nSPS) is 10.3. The van der Waals surface area contributed by atoms with Crippen molar-refractivity contribution < 1.29 is 9.90 Å². The van der Waals surface area contributed by atoms with Gasteiger partial charge >= 0.3 is 0 Å². The van der Waals surface area contributed by atoms with E-state index in [4.69, 9.17) is 11.6 Å². The number of phenols is 1. The van der Waals surface area contributed by atoms with Crippen LogP contribution in [-0.4, -0.2) is 20.8 Å². The zero-order valence-corrected chi connectivity index (χ0v) is 10.5. The van der Waals surface area contributed by atoms with Gasteiger partial charge in [0.05, 0.1) is 16.8 Å². The van der Waals surface area contributed by atoms with Gasteiger partial charge < -0.3 is 10.4 Å². The van der Waals surface area contributed by atoms with Crippen LogP contribution in [0.3, 0.4) is 0 Å². The van der Waals surface area contributed by atoms with Crippen LogP contribution < -0.4 is 5.32 Å². The second kappa shape index (κ2) is 5.10. The molecule has 0 aliphatic rings. The Hall–Kier alpha value is -2.01. The van der Waals surface area contributed by atoms with Crippen molar-refractivity contribution in [1.29, 1.82) is 0 Å². The fraction of sp³-hybridized carbons (Fsp3) is 0.167. The minimum atomic E-state index is -0.334. The first-order chi connectivity index (χ1) is 8.56. The van der Waals surface area contributed by atoms with Gasteiger partial charge in [-0.3, -0.25) is 9.48 Å². The molecule has 0 fully saturated rings. The van der Waals surface area contributed by atoms with Crippen LogP contribution in [0.1, 0.15) is 15.9 Å². The Morgan fingerprint density at radius 1 is 1.56 bits per heavy atom. The van der Waals surface area contributed by atoms with Crippen molar-refractivity contribution in [2.24, 2.45) is 7.05 Å². The summed E-state index contributed by atoms with van der Waals surface area (Å²) in [5.41, 5.74) is 1.14. The summed E-state index contributed by atoms with van der Waals surface area (Å²) in [6.07, 6.45) is 3.48. The average molecular weight is 266 g/mol. The number of rotatable bonds is 3. The summed E-state index contributed by atoms with van der Waals surface area (Å²) >= 11 is 5.89. The molecule has 18 heavy (non-hydrogen) atoms. The molecule has 2 rings (SSSR count). The molecular weight excluding hydrogens is 254 g/mol. The van der Waals surface area contributed by atoms with Crippen LogP contribution in [0.25, 0.3) is 0 Å². The van der Waals surface area contributed by atoms with Crippen molar-refractivity contribution in [2.45, 2.75) is 6.54 Å². The van der Waals surface area contributed by atoms with E-state index < -0.39 is 0 Å². The lowest BCUT2D eigenvalue weighted by Gasteiger charge is -2.06. The summed E-state index contributed by atoms with van der Waals surface area (Å²) in [5, 5.41) is 16.3. The van der Waals surface area contributed by atoms with Gasteiger partial charge in [0.2, 0.25) is 0 Å². The van der Waals surface area contributed by atoms with Gasteiger partial charge in [0, 0.05) is 25.4 Å². The van der Waals surface area contributed by atoms with Gasteiger partial charge in [-0.2, -0.15) is 5.10 Å². The highest BCUT2D eigenvalue weighted by Gasteiger charge is 2.11. The Kier molecular flexibility index (Phi) is 3.53. The van der Waals surface area contributed by atoms with E-state index in [9.17, 15) is 9.90 Å². The molecule has 94 valence electrons. The molecule has 0 unspecified atom stereocenters. The second-order valence-corrected chi connectivity index (χ2v) is 4.28. The summed E-state index contributed by atoms with van der Waals surface area (Å²) in [5.74, 6) is -0.328. The van der Waals surface area contributed by atoms with Crippen molar-refractivity contribution in [1.82, 2.24) is 15.1 Å². The molecule has 0 aliphatic heterocycles. The van der Waals surface area contributed by atoms with Crippen molar-refractivity contribution in [3.05, 3.63) is 46.7 Å². The number of carbonyl (C=O) groups is 1. The van der Waals surface area contributed by atoms with Gasteiger partial charge in [0.25, 0.3) is 5.91 Å². The molecule has 0 spiro atoms. The predicted molar refractivity (Wildman–Crippen MR) is 67.5 cm³/mol. The largest absolute Gasteiger partial charge is 0.508 e. The number of aryl methyl sites for hydroxylation is 1. The van der Waals surface area contributed by atoms with Crippen molar-refractivity contribution in [3.8, 4) is 5.75 Å². The molecule has 0 saturated carbocycles. The molecule has 0 saturated heterocycles. The first-order valence-electron chi connectivity index (χ1n) is 5.30. The van der Waals surface area contributed by atoms with Gasteiger partial charge in [-0.25, -0.2) is 0 Å². The maximum Gasteiger partial charge on any atom is 0.253 e. The molecular formula is C12H12ClN3O2. The van der Waals surface area contributed by atoms with Crippen LogP contribution >= 0.6 is 11.6 Å². The lowest BCUT2D eigenvalue weighted by atomic mass is 10.2. The average Bonchev–Trinajstić information content (AvgIpc) is 2.75. The number of nitrogens with zero attached hydrogens (tertiary/aromatic N) is 2. The van der Waals surface area contributed by atoms with Crippen LogP contribution in [0.2, 0.25) is 5.02 Å². The van der Waals surface area contributed by atoms with Gasteiger partial charge in [0.15, 0.2) is 0 Å². The standard InChI is InChI=1S/C12H12ClN3O2/c1-16-7-8(6-15-16)5-14-12(18)10-4-9(17)2-3-11(10)13/h2-4,6-7,17H,5H2,1H3,(H,14,18). The molecule has 1 heterocycles. The fourth-order valence-electron chi connectivity index (χ4n) is 1.53. The zero-order chi connectivity index (χ0) is 13.1. The maximum absolute atomic E-state index is 11.9. The Labute approximate surface area is 109 Å². The van der Waals surface area contributed by atoms with Crippen LogP contribution in [0.4, 0.5) is 0 Å². The van der Waals surface area contributed by atoms with Crippen molar-refractivity contribution in [3.63, 3.8) is 0 Å². The number of aromatic nitrogens is 2. The molecule has 0 bridgehead atoms. The lowest BCUT2D eigenvalue weighted by molar-refractivity contribution is 0.0950. The van der Waals surface area contributed by atoms with E-state index in [1.165, 1.54) is 18.2 Å². The molecule has 1 aromatic carbocycles. The number of phenolic OH excluding ortho intramolecular Hbond substituents is 1. The molecule has 6 heteroatoms. The second-order valence-electron chi connectivity index (χ2n) is 3.87. The van der Waals surface area contributed by atoms with Gasteiger partial charge in [-0.1, -0.05) is 11.6 Å². The summed E-state index contributed by atoms with van der Waals surface area (Å²) in [4.78, 5) is 11.9. The number of nitrogens with one attached hydrogen (secondary N) is 1. The molecule has 5 nitrogen and oxygen atoms in total. The third-order valence-corrected chi connectivity index (χ3v) is 2.74. The van der Waals surface area contributed by atoms with Gasteiger partial charge in [0.1, 0.15) is 5.75 Å². The Bertz CT molecular complexity index is 580. The highest BCUT2D eigenvalue weighted by Crippen LogP contribution is 2.20. The van der Waals surface area contributed by atoms with Crippen LogP contribution in [0.15, 0.2) is 30.6 Å². The molecule has 1 aromatic heterocycles. The third-order valence-electron chi connectivity index (χ3n) is 2.41. The Morgan fingerprint density at radius 3 is 3.00 bits per heavy atom. The topological polar surface area (TPSA) is 67.2 Å². The number of amides is 1. The third kappa shape index (κ3) is 2.81. The van der Waals surface area contributed by atoms with Crippen LogP contribution in [0, 0.1) is 0 Å². The van der Waals surface area contributed by atoms with E-state index in [1.807, 2.05) is 6.20 Å². The number of carbonyl (C=O) groups excluding carboxylic acids is 1. The van der Waals surface area contributed by atoms with E-state index in [0.29, 0.717) is 11.6 Å². The Balaban J connectivity index is 2.05. The predicted octanol–water partition coefficient (Wildman–Crippen LogP) is 1.71. The summed E-state index contributed by atoms with van der Waals surface area (Å²) in [7, 11) is 1.80. The maximum atomic E-state index is 11.9. The fourth-order valence-corrected chi connectivity index (χ4v) is 1.73.